The molecule has 0 aromatic heterocycles. The molecule has 2 unspecified atom stereocenters. The van der Waals surface area contributed by atoms with Crippen molar-refractivity contribution in [3.8, 4) is 11.5 Å². The molecular weight excluding hydrogens is 312 g/mol. The van der Waals surface area contributed by atoms with Gasteiger partial charge in [0.1, 0.15) is 11.5 Å². The van der Waals surface area contributed by atoms with Crippen LogP contribution in [0.15, 0.2) is 29.4 Å². The van der Waals surface area contributed by atoms with Crippen LogP contribution in [0.2, 0.25) is 0 Å². The molecule has 0 fully saturated rings. The maximum absolute atomic E-state index is 10.8. The Labute approximate surface area is 151 Å². The SMILES string of the molecule is CCOC1CC(C(CC)=C(C)C)c2c(O)cc(C3=CCCC3)cc2O1. The van der Waals surface area contributed by atoms with Crippen molar-refractivity contribution in [2.24, 2.45) is 0 Å². The number of phenolic OH excluding ortho intramolecular Hbond substituents is 1. The molecular formula is C22H30O3. The minimum atomic E-state index is -0.254. The van der Waals surface area contributed by atoms with Gasteiger partial charge in [-0.1, -0.05) is 24.1 Å². The zero-order valence-electron chi connectivity index (χ0n) is 15.9. The third-order valence-corrected chi connectivity index (χ3v) is 5.36. The second kappa shape index (κ2) is 7.65. The van der Waals surface area contributed by atoms with E-state index in [4.69, 9.17) is 9.47 Å². The van der Waals surface area contributed by atoms with Crippen LogP contribution in [-0.4, -0.2) is 18.0 Å². The Hall–Kier alpha value is -1.74. The van der Waals surface area contributed by atoms with Crippen LogP contribution < -0.4 is 4.74 Å². The summed E-state index contributed by atoms with van der Waals surface area (Å²) in [6, 6.07) is 4.02. The first-order valence-corrected chi connectivity index (χ1v) is 9.55. The minimum Gasteiger partial charge on any atom is -0.507 e. The Morgan fingerprint density at radius 1 is 1.28 bits per heavy atom. The molecule has 3 heteroatoms. The van der Waals surface area contributed by atoms with Gasteiger partial charge in [0.2, 0.25) is 6.29 Å². The largest absolute Gasteiger partial charge is 0.507 e. The Morgan fingerprint density at radius 2 is 2.08 bits per heavy atom. The molecule has 1 aromatic carbocycles. The highest BCUT2D eigenvalue weighted by Gasteiger charge is 2.34. The number of allylic oxidation sites excluding steroid dienone is 4. The van der Waals surface area contributed by atoms with Crippen molar-refractivity contribution < 1.29 is 14.6 Å². The Balaban J connectivity index is 2.08. The second-order valence-corrected chi connectivity index (χ2v) is 7.20. The van der Waals surface area contributed by atoms with E-state index in [-0.39, 0.29) is 12.2 Å². The molecule has 3 nitrogen and oxygen atoms in total. The number of ether oxygens (including phenoxy) is 2. The molecule has 0 radical (unpaired) electrons. The minimum absolute atomic E-state index is 0.155. The first kappa shape index (κ1) is 18.1. The van der Waals surface area contributed by atoms with Gasteiger partial charge in [0.15, 0.2) is 0 Å². The molecule has 0 amide bonds. The molecule has 136 valence electrons. The number of benzene rings is 1. The lowest BCUT2D eigenvalue weighted by atomic mass is 9.81. The van der Waals surface area contributed by atoms with Crippen LogP contribution in [0, 0.1) is 0 Å². The van der Waals surface area contributed by atoms with Crippen LogP contribution in [-0.2, 0) is 4.74 Å². The number of rotatable bonds is 5. The van der Waals surface area contributed by atoms with E-state index in [9.17, 15) is 5.11 Å². The van der Waals surface area contributed by atoms with E-state index < -0.39 is 0 Å². The molecule has 25 heavy (non-hydrogen) atoms. The van der Waals surface area contributed by atoms with Crippen LogP contribution >= 0.6 is 0 Å². The summed E-state index contributed by atoms with van der Waals surface area (Å²) in [6.07, 6.45) is 7.13. The fourth-order valence-electron chi connectivity index (χ4n) is 4.23. The molecule has 1 aromatic rings. The second-order valence-electron chi connectivity index (χ2n) is 7.20. The Bertz CT molecular complexity index is 695. The van der Waals surface area contributed by atoms with E-state index >= 15 is 0 Å². The predicted molar refractivity (Wildman–Crippen MR) is 102 cm³/mol. The fraction of sp³-hybridized carbons (Fsp3) is 0.545. The van der Waals surface area contributed by atoms with Gasteiger partial charge >= 0.3 is 0 Å². The van der Waals surface area contributed by atoms with Crippen molar-refractivity contribution in [2.45, 2.75) is 72.0 Å². The van der Waals surface area contributed by atoms with E-state index in [1.165, 1.54) is 23.1 Å². The lowest BCUT2D eigenvalue weighted by Crippen LogP contribution is -2.29. The average molecular weight is 342 g/mol. The van der Waals surface area contributed by atoms with E-state index in [0.29, 0.717) is 12.4 Å². The molecule has 1 heterocycles. The van der Waals surface area contributed by atoms with Gasteiger partial charge in [-0.2, -0.15) is 0 Å². The summed E-state index contributed by atoms with van der Waals surface area (Å²) in [5, 5.41) is 10.8. The van der Waals surface area contributed by atoms with E-state index in [1.807, 2.05) is 13.0 Å². The van der Waals surface area contributed by atoms with E-state index in [1.54, 1.807) is 0 Å². The molecule has 2 atom stereocenters. The topological polar surface area (TPSA) is 38.7 Å². The number of hydrogen-bond acceptors (Lipinski definition) is 3. The van der Waals surface area contributed by atoms with Crippen LogP contribution in [0.1, 0.15) is 76.8 Å². The molecule has 0 saturated heterocycles. The van der Waals surface area contributed by atoms with Crippen LogP contribution in [0.5, 0.6) is 11.5 Å². The molecule has 0 spiro atoms. The first-order chi connectivity index (χ1) is 12.0. The Kier molecular flexibility index (Phi) is 5.53. The monoisotopic (exact) mass is 342 g/mol. The van der Waals surface area contributed by atoms with Gasteiger partial charge in [-0.3, -0.25) is 0 Å². The highest BCUT2D eigenvalue weighted by Crippen LogP contribution is 2.48. The normalized spacial score (nSPS) is 22.2. The van der Waals surface area contributed by atoms with Crippen LogP contribution in [0.3, 0.4) is 0 Å². The van der Waals surface area contributed by atoms with Gasteiger partial charge in [-0.05, 0) is 69.7 Å². The van der Waals surface area contributed by atoms with Gasteiger partial charge < -0.3 is 14.6 Å². The summed E-state index contributed by atoms with van der Waals surface area (Å²) >= 11 is 0. The summed E-state index contributed by atoms with van der Waals surface area (Å²) in [5.41, 5.74) is 6.01. The number of aromatic hydroxyl groups is 1. The predicted octanol–water partition coefficient (Wildman–Crippen LogP) is 5.93. The molecule has 1 aliphatic carbocycles. The summed E-state index contributed by atoms with van der Waals surface area (Å²) in [5.74, 6) is 1.29. The molecule has 0 bridgehead atoms. The fourth-order valence-corrected chi connectivity index (χ4v) is 4.23. The zero-order chi connectivity index (χ0) is 18.0. The lowest BCUT2D eigenvalue weighted by molar-refractivity contribution is -0.0899. The Morgan fingerprint density at radius 3 is 2.68 bits per heavy atom. The number of hydrogen-bond donors (Lipinski definition) is 1. The van der Waals surface area contributed by atoms with Gasteiger partial charge in [0.05, 0.1) is 0 Å². The van der Waals surface area contributed by atoms with Crippen LogP contribution in [0.25, 0.3) is 5.57 Å². The third kappa shape index (κ3) is 3.62. The molecule has 2 aliphatic rings. The number of fused-ring (bicyclic) bond motifs is 1. The summed E-state index contributed by atoms with van der Waals surface area (Å²) in [6.45, 7) is 9.10. The van der Waals surface area contributed by atoms with E-state index in [0.717, 1.165) is 42.6 Å². The van der Waals surface area contributed by atoms with E-state index in [2.05, 4.69) is 32.9 Å². The van der Waals surface area contributed by atoms with Gasteiger partial charge in [-0.15, -0.1) is 0 Å². The van der Waals surface area contributed by atoms with Crippen molar-refractivity contribution in [3.63, 3.8) is 0 Å². The smallest absolute Gasteiger partial charge is 0.200 e. The van der Waals surface area contributed by atoms with Crippen molar-refractivity contribution in [1.82, 2.24) is 0 Å². The molecule has 1 N–H and O–H groups in total. The van der Waals surface area contributed by atoms with Crippen LogP contribution in [0.4, 0.5) is 0 Å². The highest BCUT2D eigenvalue weighted by molar-refractivity contribution is 5.71. The van der Waals surface area contributed by atoms with Gasteiger partial charge in [0.25, 0.3) is 0 Å². The maximum atomic E-state index is 10.8. The number of phenols is 1. The van der Waals surface area contributed by atoms with Crippen molar-refractivity contribution >= 4 is 5.57 Å². The lowest BCUT2D eigenvalue weighted by Gasteiger charge is -2.34. The van der Waals surface area contributed by atoms with Gasteiger partial charge in [-0.25, -0.2) is 0 Å². The maximum Gasteiger partial charge on any atom is 0.200 e. The third-order valence-electron chi connectivity index (χ3n) is 5.36. The average Bonchev–Trinajstić information content (AvgIpc) is 3.09. The zero-order valence-corrected chi connectivity index (χ0v) is 15.9. The molecule has 0 saturated carbocycles. The quantitative estimate of drug-likeness (QED) is 0.674. The summed E-state index contributed by atoms with van der Waals surface area (Å²) in [4.78, 5) is 0. The van der Waals surface area contributed by atoms with Gasteiger partial charge in [0, 0.05) is 24.5 Å². The first-order valence-electron chi connectivity index (χ1n) is 9.55. The molecule has 1 aliphatic heterocycles. The van der Waals surface area contributed by atoms with Crippen molar-refractivity contribution in [3.05, 3.63) is 40.5 Å². The summed E-state index contributed by atoms with van der Waals surface area (Å²) in [7, 11) is 0. The highest BCUT2D eigenvalue weighted by atomic mass is 16.7. The van der Waals surface area contributed by atoms with Crippen molar-refractivity contribution in [2.75, 3.05) is 6.61 Å². The van der Waals surface area contributed by atoms with Crippen molar-refractivity contribution in [1.29, 1.82) is 0 Å². The summed E-state index contributed by atoms with van der Waals surface area (Å²) < 4.78 is 11.9. The standard InChI is InChI=1S/C22H30O3/c1-5-17(14(3)4)18-13-21(24-6-2)25-20-12-16(11-19(23)22(18)20)15-9-7-8-10-15/h9,11-12,18,21,23H,5-8,10,13H2,1-4H3. The molecule has 3 rings (SSSR count).